The second kappa shape index (κ2) is 7.21. The fraction of sp³-hybridized carbons (Fsp3) is 0. The Kier molecular flexibility index (Phi) is 5.03. The summed E-state index contributed by atoms with van der Waals surface area (Å²) in [6, 6.07) is 9.35. The second-order valence-corrected chi connectivity index (χ2v) is 7.16. The van der Waals surface area contributed by atoms with Crippen molar-refractivity contribution in [3.8, 4) is 0 Å². The molecule has 122 valence electrons. The molecule has 0 saturated carbocycles. The van der Waals surface area contributed by atoms with Crippen LogP contribution in [0.25, 0.3) is 16.2 Å². The smallest absolute Gasteiger partial charge is 0.286 e. The largest absolute Gasteiger partial charge is 0.356 e. The van der Waals surface area contributed by atoms with Gasteiger partial charge in [-0.25, -0.2) is 0 Å². The zero-order chi connectivity index (χ0) is 17.1. The highest BCUT2D eigenvalue weighted by Gasteiger charge is 2.09. The third-order valence-electron chi connectivity index (χ3n) is 3.14. The molecule has 0 saturated heterocycles. The molecule has 3 N–H and O–H groups in total. The van der Waals surface area contributed by atoms with Crippen molar-refractivity contribution in [2.75, 3.05) is 0 Å². The van der Waals surface area contributed by atoms with Crippen LogP contribution in [0.4, 0.5) is 0 Å². The van der Waals surface area contributed by atoms with E-state index in [1.54, 1.807) is 18.3 Å². The summed E-state index contributed by atoms with van der Waals surface area (Å²) in [5.41, 5.74) is 4.96. The number of H-pyrrole nitrogens is 1. The first-order valence-corrected chi connectivity index (χ1v) is 8.82. The standard InChI is InChI=1S/C16H11BrClN3O2S/c17-9-7-11(19-8-9)16(23)21-20-14(22)6-5-13-15(18)10-3-1-2-4-12(10)24-13/h1-8,19H,(H,20,22)(H,21,23)/b6-5+. The van der Waals surface area contributed by atoms with Crippen molar-refractivity contribution in [1.29, 1.82) is 0 Å². The van der Waals surface area contributed by atoms with Gasteiger partial charge in [-0.2, -0.15) is 0 Å². The lowest BCUT2D eigenvalue weighted by Gasteiger charge is -2.03. The minimum absolute atomic E-state index is 0.332. The summed E-state index contributed by atoms with van der Waals surface area (Å²) in [5, 5.41) is 1.56. The summed E-state index contributed by atoms with van der Waals surface area (Å²) in [6.45, 7) is 0. The van der Waals surface area contributed by atoms with Gasteiger partial charge >= 0.3 is 0 Å². The van der Waals surface area contributed by atoms with Crippen LogP contribution >= 0.6 is 38.9 Å². The maximum Gasteiger partial charge on any atom is 0.286 e. The highest BCUT2D eigenvalue weighted by atomic mass is 79.9. The van der Waals surface area contributed by atoms with Gasteiger partial charge < -0.3 is 4.98 Å². The number of thiophene rings is 1. The molecule has 0 aliphatic heterocycles. The number of benzene rings is 1. The fourth-order valence-electron chi connectivity index (χ4n) is 2.02. The molecule has 0 bridgehead atoms. The van der Waals surface area contributed by atoms with E-state index in [1.807, 2.05) is 24.3 Å². The van der Waals surface area contributed by atoms with E-state index in [4.69, 9.17) is 11.6 Å². The van der Waals surface area contributed by atoms with Gasteiger partial charge in [-0.3, -0.25) is 20.4 Å². The van der Waals surface area contributed by atoms with Crippen LogP contribution in [0.3, 0.4) is 0 Å². The Labute approximate surface area is 154 Å². The first kappa shape index (κ1) is 16.8. The van der Waals surface area contributed by atoms with E-state index in [1.165, 1.54) is 17.4 Å². The summed E-state index contributed by atoms with van der Waals surface area (Å²) in [4.78, 5) is 27.2. The molecular formula is C16H11BrClN3O2S. The lowest BCUT2D eigenvalue weighted by atomic mass is 10.2. The van der Waals surface area contributed by atoms with Gasteiger partial charge in [0.25, 0.3) is 11.8 Å². The Morgan fingerprint density at radius 1 is 1.25 bits per heavy atom. The molecule has 24 heavy (non-hydrogen) atoms. The van der Waals surface area contributed by atoms with Crippen LogP contribution < -0.4 is 10.9 Å². The molecule has 8 heteroatoms. The quantitative estimate of drug-likeness (QED) is 0.437. The van der Waals surface area contributed by atoms with Crippen molar-refractivity contribution >= 4 is 66.8 Å². The Bertz CT molecular complexity index is 948. The van der Waals surface area contributed by atoms with Gasteiger partial charge in [-0.15, -0.1) is 11.3 Å². The number of aromatic nitrogens is 1. The van der Waals surface area contributed by atoms with Gasteiger partial charge in [-0.05, 0) is 34.1 Å². The first-order chi connectivity index (χ1) is 11.5. The maximum atomic E-state index is 11.8. The van der Waals surface area contributed by atoms with E-state index in [2.05, 4.69) is 31.8 Å². The minimum Gasteiger partial charge on any atom is -0.356 e. The number of hydrogen-bond donors (Lipinski definition) is 3. The number of fused-ring (bicyclic) bond motifs is 1. The molecule has 0 atom stereocenters. The van der Waals surface area contributed by atoms with Gasteiger partial charge in [0.2, 0.25) is 0 Å². The zero-order valence-corrected chi connectivity index (χ0v) is 15.3. The predicted molar refractivity (Wildman–Crippen MR) is 100.0 cm³/mol. The Morgan fingerprint density at radius 2 is 2.04 bits per heavy atom. The molecule has 0 fully saturated rings. The lowest BCUT2D eigenvalue weighted by molar-refractivity contribution is -0.117. The molecule has 0 spiro atoms. The molecule has 2 heterocycles. The topological polar surface area (TPSA) is 74.0 Å². The summed E-state index contributed by atoms with van der Waals surface area (Å²) in [6.07, 6.45) is 4.57. The van der Waals surface area contributed by atoms with E-state index in [9.17, 15) is 9.59 Å². The molecule has 0 aliphatic carbocycles. The Hall–Kier alpha value is -2.09. The summed E-state index contributed by atoms with van der Waals surface area (Å²) >= 11 is 11.0. The number of hydrogen-bond acceptors (Lipinski definition) is 3. The van der Waals surface area contributed by atoms with Crippen LogP contribution in [-0.4, -0.2) is 16.8 Å². The number of carbonyl (C=O) groups excluding carboxylic acids is 2. The lowest BCUT2D eigenvalue weighted by Crippen LogP contribution is -2.40. The van der Waals surface area contributed by atoms with Gasteiger partial charge in [0.05, 0.1) is 5.02 Å². The van der Waals surface area contributed by atoms with Crippen molar-refractivity contribution in [2.24, 2.45) is 0 Å². The van der Waals surface area contributed by atoms with Crippen LogP contribution in [0.1, 0.15) is 15.4 Å². The van der Waals surface area contributed by atoms with Gasteiger partial charge in [-0.1, -0.05) is 29.8 Å². The van der Waals surface area contributed by atoms with Crippen LogP contribution in [0.15, 0.2) is 47.1 Å². The molecule has 0 aliphatic rings. The number of aromatic amines is 1. The fourth-order valence-corrected chi connectivity index (χ4v) is 3.76. The van der Waals surface area contributed by atoms with E-state index in [0.717, 1.165) is 19.4 Å². The van der Waals surface area contributed by atoms with Crippen LogP contribution in [0.2, 0.25) is 5.02 Å². The van der Waals surface area contributed by atoms with Crippen molar-refractivity contribution in [1.82, 2.24) is 15.8 Å². The third-order valence-corrected chi connectivity index (χ3v) is 5.25. The Balaban J connectivity index is 1.62. The van der Waals surface area contributed by atoms with Crippen molar-refractivity contribution in [3.63, 3.8) is 0 Å². The van der Waals surface area contributed by atoms with Gasteiger partial charge in [0.1, 0.15) is 5.69 Å². The monoisotopic (exact) mass is 423 g/mol. The van der Waals surface area contributed by atoms with Gasteiger partial charge in [0.15, 0.2) is 0 Å². The Morgan fingerprint density at radius 3 is 2.75 bits per heavy atom. The number of rotatable bonds is 3. The molecule has 2 aromatic heterocycles. The maximum absolute atomic E-state index is 11.8. The molecule has 1 aromatic carbocycles. The van der Waals surface area contributed by atoms with Crippen molar-refractivity contribution < 1.29 is 9.59 Å². The zero-order valence-electron chi connectivity index (χ0n) is 12.1. The summed E-state index contributed by atoms with van der Waals surface area (Å²) in [5.74, 6) is -0.898. The van der Waals surface area contributed by atoms with E-state index >= 15 is 0 Å². The molecular weight excluding hydrogens is 414 g/mol. The second-order valence-electron chi connectivity index (χ2n) is 4.78. The summed E-state index contributed by atoms with van der Waals surface area (Å²) in [7, 11) is 0. The molecule has 0 unspecified atom stereocenters. The van der Waals surface area contributed by atoms with Crippen molar-refractivity contribution in [2.45, 2.75) is 0 Å². The SMILES string of the molecule is O=C(/C=C/c1sc2ccccc2c1Cl)NNC(=O)c1cc(Br)c[nH]1. The van der Waals surface area contributed by atoms with E-state index in [0.29, 0.717) is 10.7 Å². The van der Waals surface area contributed by atoms with Crippen LogP contribution in [0.5, 0.6) is 0 Å². The third kappa shape index (κ3) is 3.69. The normalized spacial score (nSPS) is 11.1. The average Bonchev–Trinajstić information content (AvgIpc) is 3.15. The molecule has 5 nitrogen and oxygen atoms in total. The molecule has 0 radical (unpaired) electrons. The molecule has 3 aromatic rings. The average molecular weight is 425 g/mol. The highest BCUT2D eigenvalue weighted by molar-refractivity contribution is 9.10. The highest BCUT2D eigenvalue weighted by Crippen LogP contribution is 2.35. The number of nitrogens with one attached hydrogen (secondary N) is 3. The number of halogens is 2. The number of hydrazine groups is 1. The number of carbonyl (C=O) groups is 2. The molecule has 2 amide bonds. The summed E-state index contributed by atoms with van der Waals surface area (Å²) < 4.78 is 1.80. The predicted octanol–water partition coefficient (Wildman–Crippen LogP) is 4.12. The molecule has 3 rings (SSSR count). The minimum atomic E-state index is -0.456. The van der Waals surface area contributed by atoms with Gasteiger partial charge in [0, 0.05) is 31.7 Å². The van der Waals surface area contributed by atoms with E-state index in [-0.39, 0.29) is 0 Å². The van der Waals surface area contributed by atoms with E-state index < -0.39 is 11.8 Å². The first-order valence-electron chi connectivity index (χ1n) is 6.84. The van der Waals surface area contributed by atoms with Crippen LogP contribution in [-0.2, 0) is 4.79 Å². The number of amides is 2. The van der Waals surface area contributed by atoms with Crippen LogP contribution in [0, 0.1) is 0 Å². The van der Waals surface area contributed by atoms with Crippen molar-refractivity contribution in [3.05, 3.63) is 62.7 Å².